The molecule has 0 aliphatic heterocycles. The van der Waals surface area contributed by atoms with Gasteiger partial charge >= 0.3 is 6.01 Å². The number of oxazole rings is 1. The Morgan fingerprint density at radius 3 is 2.36 bits per heavy atom. The van der Waals surface area contributed by atoms with E-state index in [-0.39, 0.29) is 22.8 Å². The zero-order chi connectivity index (χ0) is 34.4. The number of hydrogen-bond donors (Lipinski definition) is 1. The van der Waals surface area contributed by atoms with Gasteiger partial charge in [-0.15, -0.1) is 5.11 Å². The van der Waals surface area contributed by atoms with Crippen LogP contribution in [0.4, 0.5) is 23.1 Å². The predicted octanol–water partition coefficient (Wildman–Crippen LogP) is 11.1. The lowest BCUT2D eigenvalue weighted by Crippen LogP contribution is -2.33. The number of benzene rings is 3. The average Bonchev–Trinajstić information content (AvgIpc) is 3.39. The molecule has 1 unspecified atom stereocenters. The first-order valence-electron chi connectivity index (χ1n) is 16.6. The maximum absolute atomic E-state index is 13.9. The molecule has 0 aliphatic rings. The predicted molar refractivity (Wildman–Crippen MR) is 194 cm³/mol. The van der Waals surface area contributed by atoms with Gasteiger partial charge < -0.3 is 19.4 Å². The van der Waals surface area contributed by atoms with Crippen LogP contribution in [-0.2, 0) is 17.6 Å². The molecule has 4 rings (SSSR count). The summed E-state index contributed by atoms with van der Waals surface area (Å²) in [5, 5.41) is 12.4. The van der Waals surface area contributed by atoms with Crippen LogP contribution < -0.4 is 15.0 Å². The maximum Gasteiger partial charge on any atom is 0.341 e. The Balaban J connectivity index is 1.64. The van der Waals surface area contributed by atoms with Crippen LogP contribution in [0.1, 0.15) is 86.3 Å². The summed E-state index contributed by atoms with van der Waals surface area (Å²) in [6.45, 7) is 21.3. The van der Waals surface area contributed by atoms with Gasteiger partial charge in [-0.3, -0.25) is 4.79 Å². The highest BCUT2D eigenvalue weighted by Gasteiger charge is 2.24. The molecule has 1 amide bonds. The number of halogens is 1. The number of rotatable bonds is 13. The molecule has 0 spiro atoms. The van der Waals surface area contributed by atoms with Gasteiger partial charge in [-0.1, -0.05) is 84.2 Å². The molecule has 0 bridgehead atoms. The van der Waals surface area contributed by atoms with Crippen LogP contribution in [-0.4, -0.2) is 30.1 Å². The molecular formula is C38H50ClN5O3. The third-order valence-corrected chi connectivity index (χ3v) is 7.81. The Kier molecular flexibility index (Phi) is 11.7. The summed E-state index contributed by atoms with van der Waals surface area (Å²) in [7, 11) is 0. The van der Waals surface area contributed by atoms with Crippen molar-refractivity contribution in [2.45, 2.75) is 94.1 Å². The van der Waals surface area contributed by atoms with E-state index in [4.69, 9.17) is 20.8 Å². The van der Waals surface area contributed by atoms with Gasteiger partial charge in [0, 0.05) is 29.9 Å². The Morgan fingerprint density at radius 1 is 0.957 bits per heavy atom. The average molecular weight is 660 g/mol. The summed E-state index contributed by atoms with van der Waals surface area (Å²) in [5.74, 6) is 0.487. The van der Waals surface area contributed by atoms with Crippen molar-refractivity contribution < 1.29 is 13.9 Å². The molecule has 252 valence electrons. The Bertz CT molecular complexity index is 1700. The summed E-state index contributed by atoms with van der Waals surface area (Å²) in [5.41, 5.74) is 5.73. The number of ether oxygens (including phenoxy) is 1. The van der Waals surface area contributed by atoms with Crippen molar-refractivity contribution in [2.24, 2.45) is 21.1 Å². The van der Waals surface area contributed by atoms with E-state index in [2.05, 4.69) is 93.0 Å². The van der Waals surface area contributed by atoms with E-state index >= 15 is 0 Å². The molecular weight excluding hydrogens is 610 g/mol. The quantitative estimate of drug-likeness (QED) is 0.144. The fourth-order valence-electron chi connectivity index (χ4n) is 5.54. The number of anilines is 2. The van der Waals surface area contributed by atoms with Gasteiger partial charge in [-0.25, -0.2) is 0 Å². The van der Waals surface area contributed by atoms with Gasteiger partial charge in [0.1, 0.15) is 17.0 Å². The van der Waals surface area contributed by atoms with Crippen LogP contribution in [0, 0.1) is 10.8 Å². The van der Waals surface area contributed by atoms with Crippen LogP contribution in [0.2, 0.25) is 5.02 Å². The number of nitrogens with one attached hydrogen (secondary N) is 1. The molecule has 3 aromatic carbocycles. The third kappa shape index (κ3) is 10.3. The number of nitrogens with zero attached hydrogens (tertiary/aromatic N) is 4. The second-order valence-electron chi connectivity index (χ2n) is 14.5. The summed E-state index contributed by atoms with van der Waals surface area (Å²) < 4.78 is 12.2. The normalized spacial score (nSPS) is 12.9. The highest BCUT2D eigenvalue weighted by Crippen LogP contribution is 2.35. The van der Waals surface area contributed by atoms with Gasteiger partial charge in [0.05, 0.1) is 5.69 Å². The fourth-order valence-corrected chi connectivity index (χ4v) is 5.70. The van der Waals surface area contributed by atoms with Crippen molar-refractivity contribution in [1.82, 2.24) is 4.98 Å². The van der Waals surface area contributed by atoms with E-state index in [1.807, 2.05) is 31.2 Å². The minimum atomic E-state index is -0.713. The number of carbonyl (C=O) groups excluding carboxylic acids is 1. The standard InChI is InChI=1S/C38H50ClN5O3/c1-10-19-44(12-3)28-15-17-29(42-43-36-41-30-16-14-27(39)21-34(30)47-36)31(22-28)40-35(45)32(11-2)46-33-18-13-25(23-37(4,5)6)20-26(33)24-38(7,8)9/h13-18,20-22,32H,10-12,19,23-24H2,1-9H3,(H,40,45). The van der Waals surface area contributed by atoms with Crippen LogP contribution >= 0.6 is 11.6 Å². The maximum atomic E-state index is 13.9. The minimum absolute atomic E-state index is 0.0490. The lowest BCUT2D eigenvalue weighted by atomic mass is 9.84. The van der Waals surface area contributed by atoms with Crippen molar-refractivity contribution in [2.75, 3.05) is 23.3 Å². The number of carbonyl (C=O) groups is 1. The largest absolute Gasteiger partial charge is 0.480 e. The number of aromatic nitrogens is 1. The Hall–Kier alpha value is -3.91. The van der Waals surface area contributed by atoms with Crippen molar-refractivity contribution >= 4 is 51.7 Å². The van der Waals surface area contributed by atoms with Crippen molar-refractivity contribution in [1.29, 1.82) is 0 Å². The highest BCUT2D eigenvalue weighted by molar-refractivity contribution is 6.31. The highest BCUT2D eigenvalue weighted by atomic mass is 35.5. The first-order chi connectivity index (χ1) is 22.2. The fraction of sp³-hybridized carbons (Fsp3) is 0.474. The van der Waals surface area contributed by atoms with Crippen molar-refractivity contribution in [3.8, 4) is 5.75 Å². The number of fused-ring (bicyclic) bond motifs is 1. The number of hydrogen-bond acceptors (Lipinski definition) is 7. The zero-order valence-electron chi connectivity index (χ0n) is 29.4. The summed E-state index contributed by atoms with van der Waals surface area (Å²) in [6.07, 6.45) is 2.56. The van der Waals surface area contributed by atoms with Crippen LogP contribution in [0.15, 0.2) is 69.2 Å². The monoisotopic (exact) mass is 659 g/mol. The van der Waals surface area contributed by atoms with E-state index in [1.165, 1.54) is 5.56 Å². The second-order valence-corrected chi connectivity index (χ2v) is 14.9. The number of amides is 1. The van der Waals surface area contributed by atoms with Gasteiger partial charge in [0.15, 0.2) is 11.7 Å². The Morgan fingerprint density at radius 2 is 1.70 bits per heavy atom. The molecule has 0 radical (unpaired) electrons. The second kappa shape index (κ2) is 15.3. The van der Waals surface area contributed by atoms with Crippen LogP contribution in [0.25, 0.3) is 11.1 Å². The van der Waals surface area contributed by atoms with Gasteiger partial charge in [-0.05, 0) is 91.0 Å². The van der Waals surface area contributed by atoms with Gasteiger partial charge in [0.25, 0.3) is 5.91 Å². The van der Waals surface area contributed by atoms with Crippen molar-refractivity contribution in [3.05, 3.63) is 70.7 Å². The zero-order valence-corrected chi connectivity index (χ0v) is 30.2. The molecule has 1 aromatic heterocycles. The SMILES string of the molecule is CCCN(CC)c1ccc(N=Nc2nc3ccc(Cl)cc3o2)c(NC(=O)C(CC)Oc2ccc(CC(C)(C)C)cc2CC(C)(C)C)c1. The van der Waals surface area contributed by atoms with E-state index < -0.39 is 6.10 Å². The minimum Gasteiger partial charge on any atom is -0.480 e. The molecule has 4 aromatic rings. The number of azo groups is 1. The van der Waals surface area contributed by atoms with E-state index in [0.717, 1.165) is 49.4 Å². The molecule has 0 saturated heterocycles. The first kappa shape index (κ1) is 35.9. The molecule has 47 heavy (non-hydrogen) atoms. The molecule has 0 saturated carbocycles. The van der Waals surface area contributed by atoms with Crippen LogP contribution in [0.3, 0.4) is 0 Å². The molecule has 1 N–H and O–H groups in total. The molecule has 0 aliphatic carbocycles. The Labute approximate surface area is 285 Å². The summed E-state index contributed by atoms with van der Waals surface area (Å²) >= 11 is 6.10. The molecule has 8 nitrogen and oxygen atoms in total. The smallest absolute Gasteiger partial charge is 0.341 e. The van der Waals surface area contributed by atoms with E-state index in [1.54, 1.807) is 18.2 Å². The molecule has 9 heteroatoms. The summed E-state index contributed by atoms with van der Waals surface area (Å²) in [6, 6.07) is 17.5. The van der Waals surface area contributed by atoms with Gasteiger partial charge in [-0.2, -0.15) is 4.98 Å². The van der Waals surface area contributed by atoms with Gasteiger partial charge in [0.2, 0.25) is 0 Å². The molecule has 0 fully saturated rings. The van der Waals surface area contributed by atoms with E-state index in [0.29, 0.717) is 33.9 Å². The first-order valence-corrected chi connectivity index (χ1v) is 17.0. The lowest BCUT2D eigenvalue weighted by Gasteiger charge is -2.26. The topological polar surface area (TPSA) is 92.3 Å². The third-order valence-electron chi connectivity index (χ3n) is 7.57. The lowest BCUT2D eigenvalue weighted by molar-refractivity contribution is -0.122. The van der Waals surface area contributed by atoms with Crippen molar-refractivity contribution in [3.63, 3.8) is 0 Å². The molecule has 1 heterocycles. The summed E-state index contributed by atoms with van der Waals surface area (Å²) in [4.78, 5) is 20.5. The van der Waals surface area contributed by atoms with Crippen LogP contribution in [0.5, 0.6) is 5.75 Å². The van der Waals surface area contributed by atoms with E-state index in [9.17, 15) is 4.79 Å². The molecule has 1 atom stereocenters.